The highest BCUT2D eigenvalue weighted by Crippen LogP contribution is 2.27. The number of aromatic nitrogens is 1. The summed E-state index contributed by atoms with van der Waals surface area (Å²) in [4.78, 5) is 16.1. The molecule has 0 atom stereocenters. The van der Waals surface area contributed by atoms with Gasteiger partial charge in [-0.05, 0) is 48.8 Å². The fourth-order valence-electron chi connectivity index (χ4n) is 3.33. The third-order valence-electron chi connectivity index (χ3n) is 4.83. The number of nitrogens with one attached hydrogen (secondary N) is 3. The Morgan fingerprint density at radius 2 is 1.90 bits per heavy atom. The zero-order valence-corrected chi connectivity index (χ0v) is 18.3. The van der Waals surface area contributed by atoms with Gasteiger partial charge in [0.2, 0.25) is 5.91 Å². The van der Waals surface area contributed by atoms with Crippen molar-refractivity contribution in [3.63, 3.8) is 0 Å². The molecular weight excluding hydrogens is 428 g/mol. The van der Waals surface area contributed by atoms with Gasteiger partial charge in [-0.3, -0.25) is 9.52 Å². The number of rotatable bonds is 7. The first-order valence-corrected chi connectivity index (χ1v) is 12.3. The van der Waals surface area contributed by atoms with Crippen molar-refractivity contribution in [1.29, 1.82) is 0 Å². The maximum absolute atomic E-state index is 12.3. The van der Waals surface area contributed by atoms with Crippen molar-refractivity contribution >= 4 is 55.4 Å². The maximum Gasteiger partial charge on any atom is 0.263 e. The van der Waals surface area contributed by atoms with Gasteiger partial charge in [-0.15, -0.1) is 11.3 Å². The molecule has 1 heterocycles. The van der Waals surface area contributed by atoms with Gasteiger partial charge in [0.05, 0.1) is 4.90 Å². The van der Waals surface area contributed by atoms with Crippen molar-refractivity contribution in [2.24, 2.45) is 5.92 Å². The first kappa shape index (κ1) is 21.7. The van der Waals surface area contributed by atoms with Gasteiger partial charge >= 0.3 is 0 Å². The maximum atomic E-state index is 12.3. The van der Waals surface area contributed by atoms with Crippen molar-refractivity contribution < 1.29 is 13.2 Å². The zero-order valence-electron chi connectivity index (χ0n) is 15.9. The number of hydrogen-bond donors (Lipinski definition) is 3. The van der Waals surface area contributed by atoms with Crippen molar-refractivity contribution in [1.82, 2.24) is 10.3 Å². The Labute approximate surface area is 180 Å². The van der Waals surface area contributed by atoms with Gasteiger partial charge in [-0.1, -0.05) is 32.1 Å². The van der Waals surface area contributed by atoms with E-state index in [1.165, 1.54) is 61.8 Å². The molecule has 10 heteroatoms. The van der Waals surface area contributed by atoms with E-state index >= 15 is 0 Å². The van der Waals surface area contributed by atoms with Gasteiger partial charge in [0, 0.05) is 23.7 Å². The molecule has 0 bridgehead atoms. The van der Waals surface area contributed by atoms with Crippen molar-refractivity contribution in [3.05, 3.63) is 35.8 Å². The molecule has 3 N–H and O–H groups in total. The minimum Gasteiger partial charge on any atom is -0.332 e. The highest BCUT2D eigenvalue weighted by Gasteiger charge is 2.17. The third-order valence-corrected chi connectivity index (χ3v) is 7.21. The summed E-state index contributed by atoms with van der Waals surface area (Å²) < 4.78 is 27.1. The molecule has 1 saturated carbocycles. The number of carbonyl (C=O) groups is 1. The summed E-state index contributed by atoms with van der Waals surface area (Å²) in [5, 5.41) is 7.80. The Morgan fingerprint density at radius 3 is 2.55 bits per heavy atom. The Bertz CT molecular complexity index is 922. The van der Waals surface area contributed by atoms with Gasteiger partial charge in [0.25, 0.3) is 10.0 Å². The molecule has 1 amide bonds. The van der Waals surface area contributed by atoms with Crippen LogP contribution in [0.5, 0.6) is 0 Å². The number of amides is 1. The molecule has 0 aliphatic heterocycles. The van der Waals surface area contributed by atoms with Gasteiger partial charge < -0.3 is 10.6 Å². The molecule has 1 aromatic heterocycles. The number of hydrogen-bond acceptors (Lipinski definition) is 6. The number of carbonyl (C=O) groups excluding carboxylic acids is 1. The van der Waals surface area contributed by atoms with Crippen LogP contribution >= 0.6 is 23.6 Å². The summed E-state index contributed by atoms with van der Waals surface area (Å²) in [7, 11) is -3.70. The Kier molecular flexibility index (Phi) is 7.57. The lowest BCUT2D eigenvalue weighted by molar-refractivity contribution is -0.120. The second kappa shape index (κ2) is 10.1. The van der Waals surface area contributed by atoms with E-state index in [1.807, 2.05) is 0 Å². The molecule has 1 fully saturated rings. The summed E-state index contributed by atoms with van der Waals surface area (Å²) in [6, 6.07) is 6.12. The van der Waals surface area contributed by atoms with Crippen LogP contribution in [0, 0.1) is 5.92 Å². The van der Waals surface area contributed by atoms with Crippen LogP contribution in [0.15, 0.2) is 40.7 Å². The third kappa shape index (κ3) is 6.76. The van der Waals surface area contributed by atoms with E-state index in [0.29, 0.717) is 23.2 Å². The summed E-state index contributed by atoms with van der Waals surface area (Å²) in [5.74, 6) is 0.545. The van der Waals surface area contributed by atoms with Gasteiger partial charge in [-0.25, -0.2) is 13.4 Å². The quantitative estimate of drug-likeness (QED) is 0.547. The summed E-state index contributed by atoms with van der Waals surface area (Å²) in [6.45, 7) is 0. The largest absolute Gasteiger partial charge is 0.332 e. The number of benzene rings is 1. The highest BCUT2D eigenvalue weighted by molar-refractivity contribution is 7.93. The van der Waals surface area contributed by atoms with E-state index < -0.39 is 10.0 Å². The average molecular weight is 453 g/mol. The lowest BCUT2D eigenvalue weighted by Crippen LogP contribution is -2.34. The van der Waals surface area contributed by atoms with Crippen LogP contribution in [-0.4, -0.2) is 24.4 Å². The Balaban J connectivity index is 1.47. The molecule has 1 aromatic carbocycles. The summed E-state index contributed by atoms with van der Waals surface area (Å²) >= 11 is 6.39. The van der Waals surface area contributed by atoms with Crippen LogP contribution in [-0.2, 0) is 14.8 Å². The van der Waals surface area contributed by atoms with E-state index in [0.717, 1.165) is 6.42 Å². The number of anilines is 2. The molecule has 1 aliphatic rings. The van der Waals surface area contributed by atoms with E-state index in [9.17, 15) is 13.2 Å². The van der Waals surface area contributed by atoms with Crippen molar-refractivity contribution in [3.8, 4) is 0 Å². The SMILES string of the molecule is O=C(CCC1CCCCC1)NC(=S)Nc1ccc(S(=O)(=O)Nc2nccs2)cc1. The molecule has 1 aliphatic carbocycles. The average Bonchev–Trinajstić information content (AvgIpc) is 3.20. The van der Waals surface area contributed by atoms with Crippen LogP contribution in [0.25, 0.3) is 0 Å². The molecule has 0 spiro atoms. The Morgan fingerprint density at radius 1 is 1.17 bits per heavy atom. The molecular formula is C19H24N4O3S3. The smallest absolute Gasteiger partial charge is 0.263 e. The lowest BCUT2D eigenvalue weighted by Gasteiger charge is -2.21. The molecule has 0 saturated heterocycles. The topological polar surface area (TPSA) is 100 Å². The predicted octanol–water partition coefficient (Wildman–Crippen LogP) is 4.12. The molecule has 2 aromatic rings. The highest BCUT2D eigenvalue weighted by atomic mass is 32.2. The van der Waals surface area contributed by atoms with E-state index in [1.54, 1.807) is 17.5 Å². The van der Waals surface area contributed by atoms with Gasteiger partial charge in [-0.2, -0.15) is 0 Å². The molecule has 3 rings (SSSR count). The number of thiazole rings is 1. The van der Waals surface area contributed by atoms with Crippen LogP contribution in [0.2, 0.25) is 0 Å². The molecule has 29 heavy (non-hydrogen) atoms. The standard InChI is InChI=1S/C19H24N4O3S3/c24-17(11-6-14-4-2-1-3-5-14)22-18(27)21-15-7-9-16(10-8-15)29(25,26)23-19-20-12-13-28-19/h7-10,12-14H,1-6,11H2,(H,20,23)(H2,21,22,24,27). The molecule has 0 unspecified atom stereocenters. The van der Waals surface area contributed by atoms with E-state index in [2.05, 4.69) is 20.3 Å². The van der Waals surface area contributed by atoms with Crippen molar-refractivity contribution in [2.45, 2.75) is 49.8 Å². The monoisotopic (exact) mass is 452 g/mol. The number of sulfonamides is 1. The Hall–Kier alpha value is -2.04. The van der Waals surface area contributed by atoms with Crippen LogP contribution in [0.1, 0.15) is 44.9 Å². The van der Waals surface area contributed by atoms with Gasteiger partial charge in [0.15, 0.2) is 10.2 Å². The normalized spacial score (nSPS) is 14.9. The van der Waals surface area contributed by atoms with Crippen LogP contribution < -0.4 is 15.4 Å². The first-order valence-electron chi connectivity index (χ1n) is 9.55. The predicted molar refractivity (Wildman–Crippen MR) is 120 cm³/mol. The second-order valence-corrected chi connectivity index (χ2v) is 10.00. The number of nitrogens with zero attached hydrogens (tertiary/aromatic N) is 1. The van der Waals surface area contributed by atoms with E-state index in [4.69, 9.17) is 12.2 Å². The number of thiocarbonyl (C=S) groups is 1. The zero-order chi connectivity index (χ0) is 20.7. The van der Waals surface area contributed by atoms with Gasteiger partial charge in [0.1, 0.15) is 0 Å². The minimum absolute atomic E-state index is 0.0973. The molecule has 7 nitrogen and oxygen atoms in total. The second-order valence-electron chi connectivity index (χ2n) is 7.01. The first-order chi connectivity index (χ1) is 13.9. The van der Waals surface area contributed by atoms with E-state index in [-0.39, 0.29) is 15.9 Å². The molecule has 156 valence electrons. The summed E-state index contributed by atoms with van der Waals surface area (Å²) in [5.41, 5.74) is 0.593. The van der Waals surface area contributed by atoms with Crippen molar-refractivity contribution in [2.75, 3.05) is 10.0 Å². The fourth-order valence-corrected chi connectivity index (χ4v) is 5.35. The minimum atomic E-state index is -3.70. The van der Waals surface area contributed by atoms with Crippen LogP contribution in [0.3, 0.4) is 0 Å². The molecule has 0 radical (unpaired) electrons. The fraction of sp³-hybridized carbons (Fsp3) is 0.421. The lowest BCUT2D eigenvalue weighted by atomic mass is 9.86. The van der Waals surface area contributed by atoms with Crippen LogP contribution in [0.4, 0.5) is 10.8 Å². The summed E-state index contributed by atoms with van der Waals surface area (Å²) in [6.07, 6.45) is 9.14.